The van der Waals surface area contributed by atoms with E-state index in [1.54, 1.807) is 5.57 Å². The topological polar surface area (TPSA) is 15.3 Å². The van der Waals surface area contributed by atoms with Gasteiger partial charge in [0.2, 0.25) is 0 Å². The van der Waals surface area contributed by atoms with Crippen molar-refractivity contribution in [3.05, 3.63) is 11.6 Å². The van der Waals surface area contributed by atoms with Gasteiger partial charge in [0.1, 0.15) is 0 Å². The van der Waals surface area contributed by atoms with Gasteiger partial charge in [-0.3, -0.25) is 0 Å². The summed E-state index contributed by atoms with van der Waals surface area (Å²) in [7, 11) is 4.15. The van der Waals surface area contributed by atoms with Crippen LogP contribution < -0.4 is 5.32 Å². The zero-order chi connectivity index (χ0) is 7.40. The molecule has 0 aromatic rings. The molecule has 0 bridgehead atoms. The highest BCUT2D eigenvalue weighted by Crippen LogP contribution is 2.11. The lowest BCUT2D eigenvalue weighted by molar-refractivity contribution is 0.425. The summed E-state index contributed by atoms with van der Waals surface area (Å²) in [5, 5.41) is 3.11. The lowest BCUT2D eigenvalue weighted by Gasteiger charge is -2.02. The Morgan fingerprint density at radius 3 is 3.00 bits per heavy atom. The second-order valence-electron chi connectivity index (χ2n) is 2.91. The van der Waals surface area contributed by atoms with Crippen molar-refractivity contribution in [2.45, 2.75) is 6.42 Å². The summed E-state index contributed by atoms with van der Waals surface area (Å²) < 4.78 is 0. The third-order valence-electron chi connectivity index (χ3n) is 1.88. The molecule has 1 N–H and O–H groups in total. The van der Waals surface area contributed by atoms with Gasteiger partial charge in [0.15, 0.2) is 0 Å². The van der Waals surface area contributed by atoms with Crippen LogP contribution in [0.4, 0.5) is 0 Å². The highest BCUT2D eigenvalue weighted by Gasteiger charge is 2.10. The molecule has 1 rings (SSSR count). The zero-order valence-electron chi connectivity index (χ0n) is 6.85. The van der Waals surface area contributed by atoms with E-state index in [2.05, 4.69) is 23.3 Å². The molecule has 0 atom stereocenters. The second-order valence-corrected chi connectivity index (χ2v) is 2.91. The van der Waals surface area contributed by atoms with Gasteiger partial charge in [-0.1, -0.05) is 11.6 Å². The van der Waals surface area contributed by atoms with E-state index in [1.807, 2.05) is 7.05 Å². The summed E-state index contributed by atoms with van der Waals surface area (Å²) in [5.74, 6) is 0. The Kier molecular flexibility index (Phi) is 2.90. The molecule has 0 saturated carbocycles. The number of nitrogens with one attached hydrogen (secondary N) is 1. The number of likely N-dealkylation sites (N-methyl/N-ethyl adjacent to an activating group) is 2. The van der Waals surface area contributed by atoms with Gasteiger partial charge in [-0.05, 0) is 20.5 Å². The average Bonchev–Trinajstić information content (AvgIpc) is 2.31. The standard InChI is InChI=1S/C8H16N2/c1-9-5-3-8-4-6-10(2)7-8/h3,9H,4-7H2,1-2H3. The smallest absolute Gasteiger partial charge is 0.0190 e. The zero-order valence-corrected chi connectivity index (χ0v) is 6.85. The summed E-state index contributed by atoms with van der Waals surface area (Å²) in [4.78, 5) is 2.35. The van der Waals surface area contributed by atoms with E-state index >= 15 is 0 Å². The number of hydrogen-bond donors (Lipinski definition) is 1. The molecule has 0 aromatic heterocycles. The minimum atomic E-state index is 1.02. The minimum absolute atomic E-state index is 1.02. The van der Waals surface area contributed by atoms with Gasteiger partial charge in [-0.2, -0.15) is 0 Å². The predicted molar refractivity (Wildman–Crippen MR) is 44.1 cm³/mol. The third-order valence-corrected chi connectivity index (χ3v) is 1.88. The maximum Gasteiger partial charge on any atom is 0.0190 e. The molecule has 0 spiro atoms. The molecule has 58 valence electrons. The van der Waals surface area contributed by atoms with Crippen LogP contribution >= 0.6 is 0 Å². The molecule has 2 heteroatoms. The molecule has 0 unspecified atom stereocenters. The second kappa shape index (κ2) is 3.74. The van der Waals surface area contributed by atoms with Crippen LogP contribution in [0.25, 0.3) is 0 Å². The van der Waals surface area contributed by atoms with E-state index in [0.717, 1.165) is 6.54 Å². The molecule has 0 amide bonds. The number of rotatable bonds is 2. The Hall–Kier alpha value is -0.340. The third kappa shape index (κ3) is 2.12. The molecule has 2 nitrogen and oxygen atoms in total. The molecule has 10 heavy (non-hydrogen) atoms. The average molecular weight is 140 g/mol. The van der Waals surface area contributed by atoms with E-state index in [-0.39, 0.29) is 0 Å². The first-order chi connectivity index (χ1) is 4.83. The Morgan fingerprint density at radius 1 is 1.70 bits per heavy atom. The van der Waals surface area contributed by atoms with Gasteiger partial charge in [0, 0.05) is 19.6 Å². The highest BCUT2D eigenvalue weighted by molar-refractivity contribution is 5.09. The summed E-state index contributed by atoms with van der Waals surface area (Å²) >= 11 is 0. The Bertz CT molecular complexity index is 129. The molecule has 0 aromatic carbocycles. The molecular formula is C8H16N2. The first kappa shape index (κ1) is 7.76. The van der Waals surface area contributed by atoms with Crippen LogP contribution in [-0.4, -0.2) is 38.6 Å². The van der Waals surface area contributed by atoms with Crippen molar-refractivity contribution in [2.75, 3.05) is 33.7 Å². The van der Waals surface area contributed by atoms with Crippen molar-refractivity contribution in [3.63, 3.8) is 0 Å². The maximum absolute atomic E-state index is 3.11. The molecular weight excluding hydrogens is 124 g/mol. The van der Waals surface area contributed by atoms with Crippen molar-refractivity contribution in [3.8, 4) is 0 Å². The number of nitrogens with zero attached hydrogens (tertiary/aromatic N) is 1. The van der Waals surface area contributed by atoms with E-state index in [4.69, 9.17) is 0 Å². The lowest BCUT2D eigenvalue weighted by atomic mass is 10.2. The van der Waals surface area contributed by atoms with Crippen LogP contribution in [0, 0.1) is 0 Å². The largest absolute Gasteiger partial charge is 0.316 e. The minimum Gasteiger partial charge on any atom is -0.316 e. The van der Waals surface area contributed by atoms with Crippen LogP contribution in [-0.2, 0) is 0 Å². The normalized spacial score (nSPS) is 24.4. The summed E-state index contributed by atoms with van der Waals surface area (Å²) in [5.41, 5.74) is 1.58. The van der Waals surface area contributed by atoms with E-state index in [9.17, 15) is 0 Å². The van der Waals surface area contributed by atoms with Crippen LogP contribution in [0.1, 0.15) is 6.42 Å². The van der Waals surface area contributed by atoms with Crippen LogP contribution in [0.2, 0.25) is 0 Å². The van der Waals surface area contributed by atoms with Gasteiger partial charge in [0.05, 0.1) is 0 Å². The fraction of sp³-hybridized carbons (Fsp3) is 0.750. The first-order valence-corrected chi connectivity index (χ1v) is 3.84. The van der Waals surface area contributed by atoms with Crippen molar-refractivity contribution >= 4 is 0 Å². The quantitative estimate of drug-likeness (QED) is 0.561. The van der Waals surface area contributed by atoms with Gasteiger partial charge in [0.25, 0.3) is 0 Å². The summed E-state index contributed by atoms with van der Waals surface area (Å²) in [6.45, 7) is 3.42. The Balaban J connectivity index is 2.29. The fourth-order valence-electron chi connectivity index (χ4n) is 1.25. The molecule has 1 aliphatic heterocycles. The highest BCUT2D eigenvalue weighted by atomic mass is 15.1. The van der Waals surface area contributed by atoms with Crippen molar-refractivity contribution < 1.29 is 0 Å². The number of likely N-dealkylation sites (tertiary alicyclic amines) is 1. The van der Waals surface area contributed by atoms with Crippen LogP contribution in [0.15, 0.2) is 11.6 Å². The number of hydrogen-bond acceptors (Lipinski definition) is 2. The van der Waals surface area contributed by atoms with Gasteiger partial charge >= 0.3 is 0 Å². The van der Waals surface area contributed by atoms with E-state index in [1.165, 1.54) is 19.5 Å². The molecule has 1 aliphatic rings. The van der Waals surface area contributed by atoms with Crippen molar-refractivity contribution in [1.82, 2.24) is 10.2 Å². The van der Waals surface area contributed by atoms with Gasteiger partial charge < -0.3 is 10.2 Å². The van der Waals surface area contributed by atoms with E-state index in [0.29, 0.717) is 0 Å². The molecule has 0 aliphatic carbocycles. The Morgan fingerprint density at radius 2 is 2.50 bits per heavy atom. The molecule has 1 saturated heterocycles. The summed E-state index contributed by atoms with van der Waals surface area (Å²) in [6, 6.07) is 0. The molecule has 1 fully saturated rings. The molecule has 1 heterocycles. The van der Waals surface area contributed by atoms with Gasteiger partial charge in [-0.15, -0.1) is 0 Å². The molecule has 0 radical (unpaired) electrons. The monoisotopic (exact) mass is 140 g/mol. The fourth-order valence-corrected chi connectivity index (χ4v) is 1.25. The first-order valence-electron chi connectivity index (χ1n) is 3.84. The van der Waals surface area contributed by atoms with Gasteiger partial charge in [-0.25, -0.2) is 0 Å². The van der Waals surface area contributed by atoms with Crippen molar-refractivity contribution in [1.29, 1.82) is 0 Å². The lowest BCUT2D eigenvalue weighted by Crippen LogP contribution is -2.12. The van der Waals surface area contributed by atoms with Crippen LogP contribution in [0.3, 0.4) is 0 Å². The Labute approximate surface area is 62.9 Å². The van der Waals surface area contributed by atoms with E-state index < -0.39 is 0 Å². The maximum atomic E-state index is 3.11. The summed E-state index contributed by atoms with van der Waals surface area (Å²) in [6.07, 6.45) is 3.56. The SMILES string of the molecule is CNCC=C1CCN(C)C1. The predicted octanol–water partition coefficient (Wildman–Crippen LogP) is 0.468. The van der Waals surface area contributed by atoms with Crippen molar-refractivity contribution in [2.24, 2.45) is 0 Å². The van der Waals surface area contributed by atoms with Crippen LogP contribution in [0.5, 0.6) is 0 Å².